The summed E-state index contributed by atoms with van der Waals surface area (Å²) in [5.74, 6) is -0.902. The molecule has 0 unspecified atom stereocenters. The molecule has 0 atom stereocenters. The Balaban J connectivity index is 1.40. The van der Waals surface area contributed by atoms with E-state index in [0.29, 0.717) is 18.0 Å². The molecule has 2 aliphatic carbocycles. The number of ether oxygens (including phenoxy) is 1. The highest BCUT2D eigenvalue weighted by Crippen LogP contribution is 2.32. The number of esters is 1. The number of hydrogen-bond donors (Lipinski definition) is 0. The average molecular weight is 427 g/mol. The van der Waals surface area contributed by atoms with Crippen LogP contribution in [0.5, 0.6) is 0 Å². The highest BCUT2D eigenvalue weighted by atomic mass is 16.5. The van der Waals surface area contributed by atoms with Crippen LogP contribution < -0.4 is 0 Å². The van der Waals surface area contributed by atoms with E-state index in [-0.39, 0.29) is 41.5 Å². The van der Waals surface area contributed by atoms with Crippen molar-refractivity contribution in [2.24, 2.45) is 5.92 Å². The molecule has 0 aromatic heterocycles. The maximum Gasteiger partial charge on any atom is 0.338 e. The van der Waals surface area contributed by atoms with Gasteiger partial charge in [-0.05, 0) is 56.2 Å². The van der Waals surface area contributed by atoms with Gasteiger partial charge in [-0.3, -0.25) is 19.3 Å². The van der Waals surface area contributed by atoms with E-state index in [0.717, 1.165) is 57.9 Å². The number of rotatable bonds is 8. The van der Waals surface area contributed by atoms with Crippen LogP contribution in [0, 0.1) is 5.92 Å². The zero-order valence-electron chi connectivity index (χ0n) is 18.1. The topological polar surface area (TPSA) is 84.0 Å². The van der Waals surface area contributed by atoms with Crippen LogP contribution in [0.2, 0.25) is 0 Å². The van der Waals surface area contributed by atoms with Gasteiger partial charge in [-0.25, -0.2) is 4.79 Å². The number of carbonyl (C=O) groups excluding carboxylic acids is 4. The summed E-state index contributed by atoms with van der Waals surface area (Å²) in [7, 11) is 0. The van der Waals surface area contributed by atoms with Gasteiger partial charge in [-0.15, -0.1) is 0 Å². The van der Waals surface area contributed by atoms with Crippen molar-refractivity contribution in [3.8, 4) is 0 Å². The van der Waals surface area contributed by atoms with Crippen LogP contribution in [0.4, 0.5) is 0 Å². The third-order valence-corrected chi connectivity index (χ3v) is 6.44. The van der Waals surface area contributed by atoms with Crippen molar-refractivity contribution in [2.45, 2.75) is 64.3 Å². The summed E-state index contributed by atoms with van der Waals surface area (Å²) in [4.78, 5) is 53.8. The van der Waals surface area contributed by atoms with Crippen molar-refractivity contribution in [1.82, 2.24) is 9.80 Å². The quantitative estimate of drug-likeness (QED) is 0.470. The molecule has 7 nitrogen and oxygen atoms in total. The van der Waals surface area contributed by atoms with Gasteiger partial charge in [0.2, 0.25) is 0 Å². The highest BCUT2D eigenvalue weighted by Gasteiger charge is 2.40. The lowest BCUT2D eigenvalue weighted by atomic mass is 9.94. The number of hydrogen-bond acceptors (Lipinski definition) is 5. The molecule has 3 aliphatic rings. The standard InChI is InChI=1S/C24H30N2O5/c1-2-12-25(14-16-8-9-16)21(27)15-31-24(30)17-10-11-19-20(13-17)23(29)26(22(19)28)18-6-4-3-5-7-18/h10-11,13,16,18H,2-9,12,14-15H2,1H3. The van der Waals surface area contributed by atoms with E-state index < -0.39 is 5.97 Å². The van der Waals surface area contributed by atoms with Crippen molar-refractivity contribution in [1.29, 1.82) is 0 Å². The van der Waals surface area contributed by atoms with Crippen LogP contribution in [0.25, 0.3) is 0 Å². The first-order chi connectivity index (χ1) is 15.0. The average Bonchev–Trinajstić information content (AvgIpc) is 3.57. The molecule has 0 radical (unpaired) electrons. The second kappa shape index (κ2) is 9.20. The van der Waals surface area contributed by atoms with Gasteiger partial charge in [0.15, 0.2) is 6.61 Å². The molecule has 0 spiro atoms. The number of benzene rings is 1. The zero-order chi connectivity index (χ0) is 22.0. The summed E-state index contributed by atoms with van der Waals surface area (Å²) in [6.07, 6.45) is 7.96. The van der Waals surface area contributed by atoms with E-state index in [1.54, 1.807) is 4.90 Å². The van der Waals surface area contributed by atoms with Gasteiger partial charge >= 0.3 is 5.97 Å². The minimum Gasteiger partial charge on any atom is -0.452 e. The van der Waals surface area contributed by atoms with Crippen molar-refractivity contribution >= 4 is 23.7 Å². The largest absolute Gasteiger partial charge is 0.452 e. The molecule has 166 valence electrons. The Morgan fingerprint density at radius 2 is 1.74 bits per heavy atom. The zero-order valence-corrected chi connectivity index (χ0v) is 18.1. The van der Waals surface area contributed by atoms with E-state index in [1.165, 1.54) is 23.1 Å². The lowest BCUT2D eigenvalue weighted by molar-refractivity contribution is -0.134. The monoisotopic (exact) mass is 426 g/mol. The maximum atomic E-state index is 12.9. The van der Waals surface area contributed by atoms with Crippen molar-refractivity contribution in [3.05, 3.63) is 34.9 Å². The number of fused-ring (bicyclic) bond motifs is 1. The van der Waals surface area contributed by atoms with Crippen LogP contribution in [0.15, 0.2) is 18.2 Å². The summed E-state index contributed by atoms with van der Waals surface area (Å²) < 4.78 is 5.24. The van der Waals surface area contributed by atoms with Gasteiger partial charge in [0.05, 0.1) is 16.7 Å². The normalized spacial score (nSPS) is 18.8. The van der Waals surface area contributed by atoms with Crippen LogP contribution in [0.1, 0.15) is 89.4 Å². The molecule has 1 heterocycles. The minimum absolute atomic E-state index is 0.0646. The fourth-order valence-electron chi connectivity index (χ4n) is 4.56. The Morgan fingerprint density at radius 1 is 1.03 bits per heavy atom. The second-order valence-electron chi connectivity index (χ2n) is 8.89. The molecule has 1 aromatic rings. The van der Waals surface area contributed by atoms with Gasteiger partial charge in [0.1, 0.15) is 0 Å². The third kappa shape index (κ3) is 4.65. The molecular formula is C24H30N2O5. The second-order valence-corrected chi connectivity index (χ2v) is 8.89. The Labute approximate surface area is 182 Å². The molecule has 3 amide bonds. The first-order valence-corrected chi connectivity index (χ1v) is 11.5. The SMILES string of the molecule is CCCN(CC1CC1)C(=O)COC(=O)c1ccc2c(c1)C(=O)N(C1CCCCC1)C2=O. The van der Waals surface area contributed by atoms with Crippen molar-refractivity contribution in [2.75, 3.05) is 19.7 Å². The minimum atomic E-state index is -0.657. The number of carbonyl (C=O) groups is 4. The molecule has 1 aliphatic heterocycles. The van der Waals surface area contributed by atoms with Crippen LogP contribution >= 0.6 is 0 Å². The molecule has 1 aromatic carbocycles. The molecule has 0 N–H and O–H groups in total. The van der Waals surface area contributed by atoms with Crippen LogP contribution in [-0.2, 0) is 9.53 Å². The summed E-state index contributed by atoms with van der Waals surface area (Å²) in [6, 6.07) is 4.38. The first kappa shape index (κ1) is 21.5. The van der Waals surface area contributed by atoms with Crippen molar-refractivity contribution < 1.29 is 23.9 Å². The van der Waals surface area contributed by atoms with E-state index in [4.69, 9.17) is 4.74 Å². The fraction of sp³-hybridized carbons (Fsp3) is 0.583. The molecule has 4 rings (SSSR count). The van der Waals surface area contributed by atoms with Gasteiger partial charge in [-0.1, -0.05) is 26.2 Å². The molecular weight excluding hydrogens is 396 g/mol. The van der Waals surface area contributed by atoms with E-state index >= 15 is 0 Å². The van der Waals surface area contributed by atoms with Crippen molar-refractivity contribution in [3.63, 3.8) is 0 Å². The smallest absolute Gasteiger partial charge is 0.338 e. The van der Waals surface area contributed by atoms with Gasteiger partial charge < -0.3 is 9.64 Å². The number of amides is 3. The molecule has 2 saturated carbocycles. The van der Waals surface area contributed by atoms with Gasteiger partial charge in [-0.2, -0.15) is 0 Å². The van der Waals surface area contributed by atoms with Crippen LogP contribution in [0.3, 0.4) is 0 Å². The Kier molecular flexibility index (Phi) is 6.39. The Bertz CT molecular complexity index is 886. The summed E-state index contributed by atoms with van der Waals surface area (Å²) in [5, 5.41) is 0. The number of nitrogens with zero attached hydrogens (tertiary/aromatic N) is 2. The third-order valence-electron chi connectivity index (χ3n) is 6.44. The van der Waals surface area contributed by atoms with E-state index in [2.05, 4.69) is 0 Å². The summed E-state index contributed by atoms with van der Waals surface area (Å²) >= 11 is 0. The highest BCUT2D eigenvalue weighted by molar-refractivity contribution is 6.22. The molecule has 31 heavy (non-hydrogen) atoms. The van der Waals surface area contributed by atoms with Crippen LogP contribution in [-0.4, -0.2) is 59.2 Å². The summed E-state index contributed by atoms with van der Waals surface area (Å²) in [6.45, 7) is 3.07. The molecule has 0 bridgehead atoms. The van der Waals surface area contributed by atoms with E-state index in [1.807, 2.05) is 6.92 Å². The lowest BCUT2D eigenvalue weighted by Crippen LogP contribution is -2.40. The fourth-order valence-corrected chi connectivity index (χ4v) is 4.56. The summed E-state index contributed by atoms with van der Waals surface area (Å²) in [5.41, 5.74) is 0.766. The predicted octanol–water partition coefficient (Wildman–Crippen LogP) is 3.42. The van der Waals surface area contributed by atoms with Gasteiger partial charge in [0.25, 0.3) is 17.7 Å². The van der Waals surface area contributed by atoms with E-state index in [9.17, 15) is 19.2 Å². The predicted molar refractivity (Wildman–Crippen MR) is 114 cm³/mol. The lowest BCUT2D eigenvalue weighted by Gasteiger charge is -2.29. The molecule has 2 fully saturated rings. The Morgan fingerprint density at radius 3 is 2.42 bits per heavy atom. The first-order valence-electron chi connectivity index (χ1n) is 11.5. The Hall–Kier alpha value is -2.70. The molecule has 0 saturated heterocycles. The maximum absolute atomic E-state index is 12.9. The number of imide groups is 1. The molecule has 7 heteroatoms. The van der Waals surface area contributed by atoms with Gasteiger partial charge in [0, 0.05) is 19.1 Å².